The van der Waals surface area contributed by atoms with E-state index in [4.69, 9.17) is 16.3 Å². The third kappa shape index (κ3) is 6.33. The molecule has 1 aliphatic carbocycles. The van der Waals surface area contributed by atoms with Gasteiger partial charge in [0.2, 0.25) is 5.96 Å². The number of hydrogen-bond donors (Lipinski definition) is 2. The van der Waals surface area contributed by atoms with Crippen LogP contribution in [-0.4, -0.2) is 65.7 Å². The number of rotatable bonds is 8. The largest absolute Gasteiger partial charge is 0.447 e. The monoisotopic (exact) mass is 767 g/mol. The third-order valence-corrected chi connectivity index (χ3v) is 9.66. The highest BCUT2D eigenvalue weighted by Gasteiger charge is 2.65. The molecule has 2 bridgehead atoms. The number of alkyl carbamates (subject to hydrolysis) is 1. The van der Waals surface area contributed by atoms with Crippen LogP contribution in [0.15, 0.2) is 60.1 Å². The van der Waals surface area contributed by atoms with Gasteiger partial charge in [-0.3, -0.25) is 9.69 Å². The van der Waals surface area contributed by atoms with E-state index in [9.17, 15) is 31.5 Å². The van der Waals surface area contributed by atoms with E-state index < -0.39 is 66.5 Å². The molecule has 2 fully saturated rings. The Bertz CT molecular complexity index is 2120. The van der Waals surface area contributed by atoms with Crippen molar-refractivity contribution in [3.8, 4) is 16.8 Å². The molecule has 7 rings (SSSR count). The van der Waals surface area contributed by atoms with Crippen LogP contribution in [0.4, 0.5) is 35.5 Å². The number of amides is 2. The lowest BCUT2D eigenvalue weighted by molar-refractivity contribution is -0.164. The van der Waals surface area contributed by atoms with Gasteiger partial charge in [-0.05, 0) is 54.5 Å². The minimum absolute atomic E-state index is 0.0806. The summed E-state index contributed by atoms with van der Waals surface area (Å²) in [5.41, 5.74) is -3.99. The molecule has 0 spiro atoms. The Hall–Kier alpha value is -5.20. The van der Waals surface area contributed by atoms with Crippen LogP contribution in [-0.2, 0) is 15.1 Å². The number of hydrogen-bond acceptors (Lipinski definition) is 8. The zero-order chi connectivity index (χ0) is 38.0. The minimum atomic E-state index is -4.74. The number of carbonyl (C=O) groups excluding carboxylic acids is 2. The maximum atomic E-state index is 16.3. The van der Waals surface area contributed by atoms with Crippen molar-refractivity contribution < 1.29 is 45.1 Å². The summed E-state index contributed by atoms with van der Waals surface area (Å²) >= 11 is 6.47. The van der Waals surface area contributed by atoms with E-state index in [2.05, 4.69) is 25.5 Å². The summed E-state index contributed by atoms with van der Waals surface area (Å²) in [7, 11) is 0. The molecule has 2 N–H and O–H groups in total. The van der Waals surface area contributed by atoms with Crippen LogP contribution in [0.3, 0.4) is 0 Å². The van der Waals surface area contributed by atoms with Gasteiger partial charge in [0.05, 0.1) is 22.9 Å². The van der Waals surface area contributed by atoms with E-state index in [0.29, 0.717) is 4.68 Å². The van der Waals surface area contributed by atoms with E-state index in [1.165, 1.54) is 30.3 Å². The zero-order valence-electron chi connectivity index (χ0n) is 27.7. The lowest BCUT2D eigenvalue weighted by Gasteiger charge is -2.32. The molecule has 280 valence electrons. The number of fused-ring (bicyclic) bond motifs is 5. The van der Waals surface area contributed by atoms with Crippen LogP contribution < -0.4 is 10.6 Å². The highest BCUT2D eigenvalue weighted by molar-refractivity contribution is 6.32. The summed E-state index contributed by atoms with van der Waals surface area (Å²) in [6.07, 6.45) is -6.06. The number of aromatic nitrogens is 5. The molecule has 0 radical (unpaired) electrons. The zero-order valence-corrected chi connectivity index (χ0v) is 28.5. The number of ether oxygens (including phenoxy) is 1. The first-order valence-corrected chi connectivity index (χ1v) is 16.6. The van der Waals surface area contributed by atoms with Crippen LogP contribution in [0.5, 0.6) is 0 Å². The molecule has 4 aromatic rings. The molecule has 1 saturated heterocycles. The van der Waals surface area contributed by atoms with Gasteiger partial charge in [-0.15, -0.1) is 0 Å². The SMILES string of the molecule is CC(C)C[C@]1(c2ccc(-c3cnn(C(F)F)c3)cc2F)N/C2=N\C(F)c3ncnn3-c3cc(ccc3Cl)[C@@H](COC(=O)NC3(C(F)(F)F)CC3)N2C1=O. The van der Waals surface area contributed by atoms with Crippen molar-refractivity contribution in [3.63, 3.8) is 0 Å². The highest BCUT2D eigenvalue weighted by Crippen LogP contribution is 2.49. The van der Waals surface area contributed by atoms with Crippen molar-refractivity contribution in [1.29, 1.82) is 0 Å². The molecule has 2 amide bonds. The normalized spacial score (nSPS) is 22.9. The van der Waals surface area contributed by atoms with Gasteiger partial charge >= 0.3 is 18.8 Å². The van der Waals surface area contributed by atoms with Crippen LogP contribution in [0, 0.1) is 11.7 Å². The van der Waals surface area contributed by atoms with Gasteiger partial charge in [0.15, 0.2) is 5.82 Å². The second kappa shape index (κ2) is 13.0. The number of alkyl halides is 6. The van der Waals surface area contributed by atoms with E-state index in [1.807, 2.05) is 5.32 Å². The third-order valence-electron chi connectivity index (χ3n) is 9.34. The molecule has 2 aliphatic heterocycles. The standard InChI is InChI=1S/C33H29ClF7N9O3/c1-16(2)11-32(20-5-3-17(9-22(20)35)19-12-43-48(13-19)28(37)38)27(51)49-24(14-53-30(52)47-31(7-8-31)33(39,40)41)18-4-6-21(34)23(10-18)50-26(42-15-44-50)25(36)45-29(49)46-32/h3-6,9-10,12-13,15-16,24-25,28H,7-8,11,14H2,1-2H3,(H,45,46)(H,47,52)/t24-,25?,32-/m1/s1. The van der Waals surface area contributed by atoms with Gasteiger partial charge in [-0.2, -0.15) is 32.1 Å². The van der Waals surface area contributed by atoms with Gasteiger partial charge < -0.3 is 15.4 Å². The molecule has 2 aromatic carbocycles. The lowest BCUT2D eigenvalue weighted by atomic mass is 9.81. The number of aliphatic imine (C=N–C) groups is 1. The predicted octanol–water partition coefficient (Wildman–Crippen LogP) is 6.89. The molecular weight excluding hydrogens is 739 g/mol. The molecule has 4 heterocycles. The first-order valence-electron chi connectivity index (χ1n) is 16.2. The summed E-state index contributed by atoms with van der Waals surface area (Å²) < 4.78 is 107. The van der Waals surface area contributed by atoms with Crippen LogP contribution >= 0.6 is 11.6 Å². The number of carbonyl (C=O) groups is 2. The number of nitrogens with one attached hydrogen (secondary N) is 2. The Morgan fingerprint density at radius 1 is 1.13 bits per heavy atom. The van der Waals surface area contributed by atoms with Crippen molar-refractivity contribution in [2.45, 2.75) is 69.3 Å². The molecule has 1 unspecified atom stereocenters. The molecule has 53 heavy (non-hydrogen) atoms. The molecule has 2 aromatic heterocycles. The average Bonchev–Trinajstić information content (AvgIpc) is 3.40. The molecular formula is C33H29ClF7N9O3. The van der Waals surface area contributed by atoms with E-state index >= 15 is 8.78 Å². The molecule has 3 aliphatic rings. The van der Waals surface area contributed by atoms with E-state index in [1.54, 1.807) is 13.8 Å². The topological polar surface area (TPSA) is 132 Å². The number of benzene rings is 2. The van der Waals surface area contributed by atoms with Gasteiger partial charge in [0, 0.05) is 17.3 Å². The highest BCUT2D eigenvalue weighted by atomic mass is 35.5. The van der Waals surface area contributed by atoms with Crippen molar-refractivity contribution in [2.24, 2.45) is 10.9 Å². The Morgan fingerprint density at radius 3 is 2.53 bits per heavy atom. The Kier molecular flexibility index (Phi) is 8.89. The predicted molar refractivity (Wildman–Crippen MR) is 173 cm³/mol. The quantitative estimate of drug-likeness (QED) is 0.148. The lowest BCUT2D eigenvalue weighted by Crippen LogP contribution is -2.49. The van der Waals surface area contributed by atoms with Crippen LogP contribution in [0.2, 0.25) is 5.02 Å². The van der Waals surface area contributed by atoms with E-state index in [0.717, 1.165) is 34.4 Å². The molecule has 3 atom stereocenters. The van der Waals surface area contributed by atoms with Crippen LogP contribution in [0.1, 0.15) is 68.9 Å². The summed E-state index contributed by atoms with van der Waals surface area (Å²) in [6, 6.07) is 6.63. The van der Waals surface area contributed by atoms with Gasteiger partial charge in [0.1, 0.15) is 29.8 Å². The van der Waals surface area contributed by atoms with Gasteiger partial charge in [-0.25, -0.2) is 32.9 Å². The van der Waals surface area contributed by atoms with E-state index in [-0.39, 0.29) is 64.0 Å². The van der Waals surface area contributed by atoms with Gasteiger partial charge in [-0.1, -0.05) is 43.6 Å². The maximum absolute atomic E-state index is 16.3. The Morgan fingerprint density at radius 2 is 1.89 bits per heavy atom. The minimum Gasteiger partial charge on any atom is -0.447 e. The second-order valence-electron chi connectivity index (χ2n) is 13.3. The molecule has 20 heteroatoms. The molecule has 1 saturated carbocycles. The summed E-state index contributed by atoms with van der Waals surface area (Å²) in [6.45, 7) is -0.197. The summed E-state index contributed by atoms with van der Waals surface area (Å²) in [5.74, 6) is -2.88. The van der Waals surface area contributed by atoms with Crippen molar-refractivity contribution in [1.82, 2.24) is 40.1 Å². The Labute approximate surface area is 301 Å². The number of nitrogens with zero attached hydrogens (tertiary/aromatic N) is 7. The fourth-order valence-electron chi connectivity index (χ4n) is 6.64. The fourth-order valence-corrected chi connectivity index (χ4v) is 6.84. The second-order valence-corrected chi connectivity index (χ2v) is 13.7. The Balaban J connectivity index is 1.34. The molecule has 12 nitrogen and oxygen atoms in total. The van der Waals surface area contributed by atoms with Crippen molar-refractivity contribution >= 4 is 29.6 Å². The number of halogens is 8. The van der Waals surface area contributed by atoms with Crippen molar-refractivity contribution in [2.75, 3.05) is 6.61 Å². The average molecular weight is 768 g/mol. The fraction of sp³-hybridized carbons (Fsp3) is 0.394. The van der Waals surface area contributed by atoms with Crippen LogP contribution in [0.25, 0.3) is 16.8 Å². The smallest absolute Gasteiger partial charge is 0.411 e. The first kappa shape index (κ1) is 36.2. The van der Waals surface area contributed by atoms with Gasteiger partial charge in [0.25, 0.3) is 12.2 Å². The number of guanidine groups is 1. The first-order chi connectivity index (χ1) is 25.0. The summed E-state index contributed by atoms with van der Waals surface area (Å²) in [4.78, 5) is 36.9. The van der Waals surface area contributed by atoms with Crippen molar-refractivity contribution in [3.05, 3.63) is 82.9 Å². The maximum Gasteiger partial charge on any atom is 0.411 e. The summed E-state index contributed by atoms with van der Waals surface area (Å²) in [5, 5.41) is 12.5.